The highest BCUT2D eigenvalue weighted by molar-refractivity contribution is 4.67. The monoisotopic (exact) mass is 199 g/mol. The fourth-order valence-corrected chi connectivity index (χ4v) is 2.16. The van der Waals surface area contributed by atoms with Gasteiger partial charge in [-0.05, 0) is 24.7 Å². The Kier molecular flexibility index (Phi) is 4.90. The van der Waals surface area contributed by atoms with E-state index in [1.807, 2.05) is 0 Å². The Hall–Kier alpha value is -0.0800. The maximum absolute atomic E-state index is 6.05. The summed E-state index contributed by atoms with van der Waals surface area (Å²) in [6.07, 6.45) is 4.34. The lowest BCUT2D eigenvalue weighted by molar-refractivity contribution is -0.227. The van der Waals surface area contributed by atoms with Crippen LogP contribution in [0.4, 0.5) is 0 Å². The lowest BCUT2D eigenvalue weighted by Gasteiger charge is -2.33. The summed E-state index contributed by atoms with van der Waals surface area (Å²) in [6, 6.07) is 0. The molecular weight excluding hydrogens is 174 g/mol. The first-order chi connectivity index (χ1) is 6.61. The van der Waals surface area contributed by atoms with E-state index in [4.69, 9.17) is 4.84 Å². The van der Waals surface area contributed by atoms with Crippen LogP contribution in [0.15, 0.2) is 0 Å². The number of nitrogens with zero attached hydrogens (tertiary/aromatic N) is 1. The fourth-order valence-electron chi connectivity index (χ4n) is 2.16. The van der Waals surface area contributed by atoms with Crippen LogP contribution in [0.1, 0.15) is 47.0 Å². The molecule has 0 unspecified atom stereocenters. The zero-order valence-corrected chi connectivity index (χ0v) is 10.1. The number of hydrogen-bond donors (Lipinski definition) is 0. The van der Waals surface area contributed by atoms with Gasteiger partial charge in [-0.1, -0.05) is 34.1 Å². The average molecular weight is 199 g/mol. The van der Waals surface area contributed by atoms with Gasteiger partial charge in [0.05, 0.1) is 6.10 Å². The zero-order valence-electron chi connectivity index (χ0n) is 10.1. The number of piperidine rings is 1. The van der Waals surface area contributed by atoms with Crippen molar-refractivity contribution in [2.75, 3.05) is 13.1 Å². The highest BCUT2D eigenvalue weighted by Crippen LogP contribution is 2.20. The molecule has 84 valence electrons. The van der Waals surface area contributed by atoms with Crippen LogP contribution in [0.25, 0.3) is 0 Å². The molecule has 0 radical (unpaired) electrons. The molecule has 0 atom stereocenters. The Morgan fingerprint density at radius 3 is 1.79 bits per heavy atom. The summed E-state index contributed by atoms with van der Waals surface area (Å²) in [5.74, 6) is 1.22. The Bertz CT molecular complexity index is 142. The van der Waals surface area contributed by atoms with Crippen molar-refractivity contribution >= 4 is 0 Å². The molecule has 0 amide bonds. The summed E-state index contributed by atoms with van der Waals surface area (Å²) in [5.41, 5.74) is 0. The summed E-state index contributed by atoms with van der Waals surface area (Å²) >= 11 is 0. The van der Waals surface area contributed by atoms with Gasteiger partial charge in [0.2, 0.25) is 0 Å². The van der Waals surface area contributed by atoms with Crippen molar-refractivity contribution in [3.05, 3.63) is 0 Å². The molecule has 1 saturated heterocycles. The van der Waals surface area contributed by atoms with Gasteiger partial charge >= 0.3 is 0 Å². The summed E-state index contributed by atoms with van der Waals surface area (Å²) in [4.78, 5) is 6.05. The predicted molar refractivity (Wildman–Crippen MR) is 60.0 cm³/mol. The van der Waals surface area contributed by atoms with Gasteiger partial charge in [-0.2, -0.15) is 5.06 Å². The molecule has 0 spiro atoms. The number of hydroxylamine groups is 2. The molecule has 1 aliphatic heterocycles. The van der Waals surface area contributed by atoms with Gasteiger partial charge in [0, 0.05) is 13.1 Å². The van der Waals surface area contributed by atoms with Crippen molar-refractivity contribution in [1.29, 1.82) is 0 Å². The van der Waals surface area contributed by atoms with Crippen LogP contribution in [-0.2, 0) is 4.84 Å². The van der Waals surface area contributed by atoms with Crippen molar-refractivity contribution < 1.29 is 4.84 Å². The third-order valence-electron chi connectivity index (χ3n) is 2.90. The molecule has 14 heavy (non-hydrogen) atoms. The van der Waals surface area contributed by atoms with Crippen LogP contribution in [0.5, 0.6) is 0 Å². The minimum Gasteiger partial charge on any atom is -0.295 e. The molecule has 0 bridgehead atoms. The second-order valence-electron chi connectivity index (χ2n) is 5.05. The molecule has 0 aromatic carbocycles. The fraction of sp³-hybridized carbons (Fsp3) is 1.00. The molecular formula is C12H25NO. The normalized spacial score (nSPS) is 19.9. The molecule has 0 aliphatic carbocycles. The molecule has 0 aromatic heterocycles. The second-order valence-corrected chi connectivity index (χ2v) is 5.05. The molecule has 1 heterocycles. The lowest BCUT2D eigenvalue weighted by atomic mass is 9.96. The molecule has 1 fully saturated rings. The molecule has 2 nitrogen and oxygen atoms in total. The van der Waals surface area contributed by atoms with Gasteiger partial charge in [0.25, 0.3) is 0 Å². The molecule has 0 saturated carbocycles. The minimum absolute atomic E-state index is 0.382. The van der Waals surface area contributed by atoms with E-state index in [0.717, 1.165) is 13.1 Å². The lowest BCUT2D eigenvalue weighted by Crippen LogP contribution is -2.38. The zero-order chi connectivity index (χ0) is 10.6. The molecule has 0 N–H and O–H groups in total. The van der Waals surface area contributed by atoms with E-state index >= 15 is 0 Å². The average Bonchev–Trinajstić information content (AvgIpc) is 2.15. The maximum atomic E-state index is 6.05. The van der Waals surface area contributed by atoms with Crippen molar-refractivity contribution in [2.45, 2.75) is 53.1 Å². The van der Waals surface area contributed by atoms with Crippen LogP contribution in [-0.4, -0.2) is 24.3 Å². The van der Waals surface area contributed by atoms with E-state index in [1.165, 1.54) is 19.3 Å². The summed E-state index contributed by atoms with van der Waals surface area (Å²) in [7, 11) is 0. The Labute approximate surface area is 88.6 Å². The van der Waals surface area contributed by atoms with Crippen LogP contribution >= 0.6 is 0 Å². The van der Waals surface area contributed by atoms with E-state index in [9.17, 15) is 0 Å². The van der Waals surface area contributed by atoms with Gasteiger partial charge in [-0.25, -0.2) is 0 Å². The summed E-state index contributed by atoms with van der Waals surface area (Å²) in [5, 5.41) is 2.17. The number of hydrogen-bond acceptors (Lipinski definition) is 2. The number of rotatable bonds is 4. The van der Waals surface area contributed by atoms with E-state index in [2.05, 4.69) is 32.8 Å². The standard InChI is InChI=1S/C12H25NO/c1-10(2)12(11(3)4)14-13-8-6-5-7-9-13/h10-12H,5-9H2,1-4H3. The van der Waals surface area contributed by atoms with Crippen molar-refractivity contribution in [2.24, 2.45) is 11.8 Å². The van der Waals surface area contributed by atoms with Crippen molar-refractivity contribution in [3.8, 4) is 0 Å². The van der Waals surface area contributed by atoms with Gasteiger partial charge in [-0.3, -0.25) is 4.84 Å². The third kappa shape index (κ3) is 3.58. The highest BCUT2D eigenvalue weighted by atomic mass is 16.7. The quantitative estimate of drug-likeness (QED) is 0.690. The van der Waals surface area contributed by atoms with Crippen LogP contribution in [0.2, 0.25) is 0 Å². The predicted octanol–water partition coefficient (Wildman–Crippen LogP) is 3.08. The Morgan fingerprint density at radius 2 is 1.36 bits per heavy atom. The highest BCUT2D eigenvalue weighted by Gasteiger charge is 2.22. The first-order valence-electron chi connectivity index (χ1n) is 6.03. The van der Waals surface area contributed by atoms with E-state index < -0.39 is 0 Å². The van der Waals surface area contributed by atoms with Gasteiger partial charge in [-0.15, -0.1) is 0 Å². The van der Waals surface area contributed by atoms with Crippen molar-refractivity contribution in [3.63, 3.8) is 0 Å². The molecule has 1 aliphatic rings. The smallest absolute Gasteiger partial charge is 0.0838 e. The SMILES string of the molecule is CC(C)C(ON1CCCCC1)C(C)C. The van der Waals surface area contributed by atoms with Crippen LogP contribution in [0.3, 0.4) is 0 Å². The minimum atomic E-state index is 0.382. The largest absolute Gasteiger partial charge is 0.295 e. The Morgan fingerprint density at radius 1 is 0.857 bits per heavy atom. The molecule has 1 rings (SSSR count). The van der Waals surface area contributed by atoms with E-state index in [0.29, 0.717) is 17.9 Å². The van der Waals surface area contributed by atoms with E-state index in [-0.39, 0.29) is 0 Å². The second kappa shape index (κ2) is 5.72. The van der Waals surface area contributed by atoms with Gasteiger partial charge < -0.3 is 0 Å². The third-order valence-corrected chi connectivity index (χ3v) is 2.90. The summed E-state index contributed by atoms with van der Waals surface area (Å²) < 4.78 is 0. The summed E-state index contributed by atoms with van der Waals surface area (Å²) in [6.45, 7) is 11.2. The van der Waals surface area contributed by atoms with Crippen LogP contribution in [0, 0.1) is 11.8 Å². The first kappa shape index (κ1) is 12.0. The van der Waals surface area contributed by atoms with Gasteiger partial charge in [0.1, 0.15) is 0 Å². The maximum Gasteiger partial charge on any atom is 0.0838 e. The topological polar surface area (TPSA) is 12.5 Å². The Balaban J connectivity index is 2.37. The molecule has 0 aromatic rings. The first-order valence-corrected chi connectivity index (χ1v) is 6.03. The van der Waals surface area contributed by atoms with Crippen LogP contribution < -0.4 is 0 Å². The van der Waals surface area contributed by atoms with Crippen molar-refractivity contribution in [1.82, 2.24) is 5.06 Å². The van der Waals surface area contributed by atoms with E-state index in [1.54, 1.807) is 0 Å². The van der Waals surface area contributed by atoms with Gasteiger partial charge in [0.15, 0.2) is 0 Å². The molecule has 2 heteroatoms.